The third-order valence-corrected chi connectivity index (χ3v) is 3.26. The van der Waals surface area contributed by atoms with Gasteiger partial charge in [-0.05, 0) is 47.1 Å². The third kappa shape index (κ3) is 5.67. The molecule has 0 bridgehead atoms. The minimum absolute atomic E-state index is 0.0642. The molecule has 0 atom stereocenters. The first-order valence-electron chi connectivity index (χ1n) is 6.01. The Balaban J connectivity index is 0.000000235. The Morgan fingerprint density at radius 3 is 2.18 bits per heavy atom. The van der Waals surface area contributed by atoms with Crippen molar-refractivity contribution in [1.82, 2.24) is 9.97 Å². The lowest BCUT2D eigenvalue weighted by molar-refractivity contribution is 0.0521. The molecule has 2 aromatic rings. The number of rotatable bonds is 2. The number of halogens is 3. The summed E-state index contributed by atoms with van der Waals surface area (Å²) in [5, 5.41) is 0.660. The van der Waals surface area contributed by atoms with E-state index in [0.717, 1.165) is 0 Å². The highest BCUT2D eigenvalue weighted by Gasteiger charge is 2.12. The van der Waals surface area contributed by atoms with Crippen LogP contribution in [-0.4, -0.2) is 22.5 Å². The smallest absolute Gasteiger partial charge is 0.359 e. The van der Waals surface area contributed by atoms with E-state index >= 15 is 0 Å². The minimum Gasteiger partial charge on any atom is -0.461 e. The van der Waals surface area contributed by atoms with E-state index in [9.17, 15) is 4.79 Å². The van der Waals surface area contributed by atoms with Crippen molar-refractivity contribution in [1.29, 1.82) is 0 Å². The average molecular weight is 408 g/mol. The quantitative estimate of drug-likeness (QED) is 0.582. The number of hydrogen-bond donors (Lipinski definition) is 2. The van der Waals surface area contributed by atoms with Crippen LogP contribution in [0.2, 0.25) is 10.3 Å². The lowest BCUT2D eigenvalue weighted by Crippen LogP contribution is -2.10. The maximum absolute atomic E-state index is 11.2. The van der Waals surface area contributed by atoms with Gasteiger partial charge in [-0.25, -0.2) is 14.8 Å². The molecule has 6 nitrogen and oxygen atoms in total. The molecule has 0 saturated heterocycles. The molecular weight excluding hydrogens is 395 g/mol. The summed E-state index contributed by atoms with van der Waals surface area (Å²) in [5.41, 5.74) is 11.8. The van der Waals surface area contributed by atoms with Crippen molar-refractivity contribution in [3.8, 4) is 0 Å². The third-order valence-electron chi connectivity index (χ3n) is 2.20. The van der Waals surface area contributed by atoms with Crippen molar-refractivity contribution in [2.24, 2.45) is 0 Å². The van der Waals surface area contributed by atoms with Crippen LogP contribution in [0.5, 0.6) is 0 Å². The molecule has 0 aliphatic rings. The van der Waals surface area contributed by atoms with Crippen molar-refractivity contribution in [3.63, 3.8) is 0 Å². The highest BCUT2D eigenvalue weighted by Crippen LogP contribution is 2.18. The summed E-state index contributed by atoms with van der Waals surface area (Å²) < 4.78 is 5.32. The van der Waals surface area contributed by atoms with Gasteiger partial charge in [0.25, 0.3) is 0 Å². The first kappa shape index (κ1) is 18.5. The molecule has 0 spiro atoms. The van der Waals surface area contributed by atoms with Crippen molar-refractivity contribution >= 4 is 56.5 Å². The summed E-state index contributed by atoms with van der Waals surface area (Å²) in [6, 6.07) is 6.36. The van der Waals surface area contributed by atoms with Crippen molar-refractivity contribution in [3.05, 3.63) is 44.9 Å². The van der Waals surface area contributed by atoms with Crippen LogP contribution in [0.4, 0.5) is 11.4 Å². The zero-order chi connectivity index (χ0) is 16.7. The van der Waals surface area contributed by atoms with Crippen LogP contribution in [0.1, 0.15) is 17.4 Å². The van der Waals surface area contributed by atoms with Crippen molar-refractivity contribution in [2.45, 2.75) is 6.92 Å². The molecule has 0 amide bonds. The van der Waals surface area contributed by atoms with Crippen LogP contribution in [0, 0.1) is 0 Å². The van der Waals surface area contributed by atoms with Gasteiger partial charge in [0.2, 0.25) is 0 Å². The van der Waals surface area contributed by atoms with E-state index in [2.05, 4.69) is 25.9 Å². The largest absolute Gasteiger partial charge is 0.461 e. The monoisotopic (exact) mass is 406 g/mol. The second kappa shape index (κ2) is 8.77. The van der Waals surface area contributed by atoms with Crippen LogP contribution in [0.25, 0.3) is 0 Å². The summed E-state index contributed by atoms with van der Waals surface area (Å²) in [7, 11) is 0. The van der Waals surface area contributed by atoms with E-state index < -0.39 is 5.97 Å². The standard InChI is InChI=1S/C8H9ClN2O2.C5H4BrClN2/c1-2-13-8(12)7-5(10)3-4-6(9)11-7;6-5-3(8)1-2-4(7)9-5/h3-4H,2,10H2,1H3;1-2H,8H2. The Bertz CT molecular complexity index is 670. The molecule has 0 unspecified atom stereocenters. The number of esters is 1. The Morgan fingerprint density at radius 2 is 1.68 bits per heavy atom. The first-order valence-corrected chi connectivity index (χ1v) is 7.56. The zero-order valence-corrected chi connectivity index (χ0v) is 14.6. The van der Waals surface area contributed by atoms with Gasteiger partial charge >= 0.3 is 5.97 Å². The molecule has 9 heteroatoms. The molecule has 4 N–H and O–H groups in total. The number of nitrogen functional groups attached to an aromatic ring is 2. The topological polar surface area (TPSA) is 104 Å². The highest BCUT2D eigenvalue weighted by molar-refractivity contribution is 9.10. The Kier molecular flexibility index (Phi) is 7.37. The van der Waals surface area contributed by atoms with E-state index in [0.29, 0.717) is 15.4 Å². The number of nitrogens with zero attached hydrogens (tertiary/aromatic N) is 2. The summed E-state index contributed by atoms with van der Waals surface area (Å²) in [6.45, 7) is 1.99. The summed E-state index contributed by atoms with van der Waals surface area (Å²) in [6.07, 6.45) is 0. The Labute approximate surface area is 145 Å². The van der Waals surface area contributed by atoms with Crippen LogP contribution in [-0.2, 0) is 4.74 Å². The molecule has 0 fully saturated rings. The summed E-state index contributed by atoms with van der Waals surface area (Å²) >= 11 is 14.2. The number of hydrogen-bond acceptors (Lipinski definition) is 6. The number of nitrogens with two attached hydrogens (primary N) is 2. The van der Waals surface area contributed by atoms with E-state index in [-0.39, 0.29) is 23.1 Å². The second-order valence-electron chi connectivity index (χ2n) is 3.81. The molecule has 2 aromatic heterocycles. The fourth-order valence-corrected chi connectivity index (χ4v) is 1.95. The highest BCUT2D eigenvalue weighted by atomic mass is 79.9. The van der Waals surface area contributed by atoms with Gasteiger partial charge in [-0.1, -0.05) is 23.2 Å². The van der Waals surface area contributed by atoms with Gasteiger partial charge in [0.1, 0.15) is 14.9 Å². The fourth-order valence-electron chi connectivity index (χ4n) is 1.23. The molecule has 2 rings (SSSR count). The molecule has 0 radical (unpaired) electrons. The Morgan fingerprint density at radius 1 is 1.14 bits per heavy atom. The van der Waals surface area contributed by atoms with Gasteiger partial charge in [0, 0.05) is 0 Å². The molecule has 0 aliphatic carbocycles. The van der Waals surface area contributed by atoms with Gasteiger partial charge in [-0.3, -0.25) is 0 Å². The molecule has 0 aromatic carbocycles. The molecule has 22 heavy (non-hydrogen) atoms. The van der Waals surface area contributed by atoms with Gasteiger partial charge in [-0.15, -0.1) is 0 Å². The zero-order valence-electron chi connectivity index (χ0n) is 11.5. The number of aromatic nitrogens is 2. The second-order valence-corrected chi connectivity index (χ2v) is 5.33. The predicted octanol–water partition coefficient (Wildman–Crippen LogP) is 3.57. The van der Waals surface area contributed by atoms with Crippen molar-refractivity contribution in [2.75, 3.05) is 18.1 Å². The van der Waals surface area contributed by atoms with Gasteiger partial charge in [-0.2, -0.15) is 0 Å². The fraction of sp³-hybridized carbons (Fsp3) is 0.154. The van der Waals surface area contributed by atoms with Crippen LogP contribution in [0.3, 0.4) is 0 Å². The lowest BCUT2D eigenvalue weighted by atomic mass is 10.3. The summed E-state index contributed by atoms with van der Waals surface area (Å²) in [5.74, 6) is -0.553. The number of carbonyl (C=O) groups excluding carboxylic acids is 1. The van der Waals surface area contributed by atoms with E-state index in [1.165, 1.54) is 12.1 Å². The maximum Gasteiger partial charge on any atom is 0.359 e. The van der Waals surface area contributed by atoms with Gasteiger partial charge in [0.05, 0.1) is 18.0 Å². The predicted molar refractivity (Wildman–Crippen MR) is 91.0 cm³/mol. The van der Waals surface area contributed by atoms with Crippen molar-refractivity contribution < 1.29 is 9.53 Å². The van der Waals surface area contributed by atoms with E-state index in [1.54, 1.807) is 19.1 Å². The number of pyridine rings is 2. The molecular formula is C13H13BrCl2N4O2. The average Bonchev–Trinajstić information content (AvgIpc) is 2.47. The molecule has 0 aliphatic heterocycles. The number of carbonyl (C=O) groups is 1. The summed E-state index contributed by atoms with van der Waals surface area (Å²) in [4.78, 5) is 18.8. The van der Waals surface area contributed by atoms with E-state index in [4.69, 9.17) is 39.4 Å². The van der Waals surface area contributed by atoms with Gasteiger partial charge in [0.15, 0.2) is 5.69 Å². The number of ether oxygens (including phenoxy) is 1. The SMILES string of the molecule is CCOC(=O)c1nc(Cl)ccc1N.Nc1ccc(Cl)nc1Br. The maximum atomic E-state index is 11.2. The van der Waals surface area contributed by atoms with Crippen LogP contribution < -0.4 is 11.5 Å². The van der Waals surface area contributed by atoms with Crippen LogP contribution >= 0.6 is 39.1 Å². The lowest BCUT2D eigenvalue weighted by Gasteiger charge is -2.03. The van der Waals surface area contributed by atoms with Crippen LogP contribution in [0.15, 0.2) is 28.9 Å². The Hall–Kier alpha value is -1.57. The number of anilines is 2. The molecule has 118 valence electrons. The van der Waals surface area contributed by atoms with Gasteiger partial charge < -0.3 is 16.2 Å². The molecule has 2 heterocycles. The first-order chi connectivity index (χ1) is 10.3. The normalized spacial score (nSPS) is 9.64. The minimum atomic E-state index is -0.553. The van der Waals surface area contributed by atoms with E-state index in [1.807, 2.05) is 0 Å². The molecule has 0 saturated carbocycles.